The van der Waals surface area contributed by atoms with Crippen LogP contribution in [0.15, 0.2) is 54.6 Å². The molecular weight excluding hydrogens is 407 g/mol. The zero-order chi connectivity index (χ0) is 20.4. The highest BCUT2D eigenvalue weighted by Gasteiger charge is 2.11. The van der Waals surface area contributed by atoms with Crippen molar-refractivity contribution in [3.05, 3.63) is 70.2 Å². The molecule has 0 amide bonds. The fourth-order valence-corrected chi connectivity index (χ4v) is 3.69. The normalized spacial score (nSPS) is 11.0. The van der Waals surface area contributed by atoms with Crippen LogP contribution < -0.4 is 21.9 Å². The van der Waals surface area contributed by atoms with E-state index in [9.17, 15) is 0 Å². The summed E-state index contributed by atoms with van der Waals surface area (Å²) in [6.07, 6.45) is 0.706. The lowest BCUT2D eigenvalue weighted by Crippen LogP contribution is -2.41. The first-order valence-electron chi connectivity index (χ1n) is 9.09. The number of guanidine groups is 1. The molecule has 8 heteroatoms. The van der Waals surface area contributed by atoms with Crippen molar-refractivity contribution < 1.29 is 0 Å². The predicted molar refractivity (Wildman–Crippen MR) is 122 cm³/mol. The molecule has 0 unspecified atom stereocenters. The van der Waals surface area contributed by atoms with Crippen molar-refractivity contribution in [1.82, 2.24) is 15.7 Å². The lowest BCUT2D eigenvalue weighted by molar-refractivity contribution is 0.815. The van der Waals surface area contributed by atoms with Gasteiger partial charge < -0.3 is 15.6 Å². The predicted octanol–water partition coefficient (Wildman–Crippen LogP) is 4.90. The highest BCUT2D eigenvalue weighted by atomic mass is 35.5. The van der Waals surface area contributed by atoms with Crippen LogP contribution in [0.4, 0.5) is 11.4 Å². The summed E-state index contributed by atoms with van der Waals surface area (Å²) in [6, 6.07) is 17.6. The Morgan fingerprint density at radius 2 is 1.69 bits per heavy atom. The molecule has 4 aromatic rings. The number of hydrogen-bond acceptors (Lipinski definition) is 3. The molecule has 0 atom stereocenters. The summed E-state index contributed by atoms with van der Waals surface area (Å²) < 4.78 is 0. The Morgan fingerprint density at radius 1 is 0.931 bits per heavy atom. The smallest absolute Gasteiger partial charge is 0.202 e. The zero-order valence-electron chi connectivity index (χ0n) is 15.4. The molecule has 0 bridgehead atoms. The van der Waals surface area contributed by atoms with Gasteiger partial charge in [-0.25, -0.2) is 5.84 Å². The van der Waals surface area contributed by atoms with Crippen LogP contribution in [0.2, 0.25) is 10.0 Å². The SMILES string of the molecule is N=C(NN)NCCc1cc(Nc2ccc(Cl)cc2)cc2c1[nH]c1ccc(Cl)cc12. The summed E-state index contributed by atoms with van der Waals surface area (Å²) in [7, 11) is 0. The fourth-order valence-electron chi connectivity index (χ4n) is 3.39. The summed E-state index contributed by atoms with van der Waals surface area (Å²) >= 11 is 12.2. The summed E-state index contributed by atoms with van der Waals surface area (Å²) in [5.41, 5.74) is 7.40. The molecule has 0 fully saturated rings. The monoisotopic (exact) mass is 426 g/mol. The number of anilines is 2. The summed E-state index contributed by atoms with van der Waals surface area (Å²) in [5, 5.41) is 17.5. The van der Waals surface area contributed by atoms with E-state index in [1.54, 1.807) is 0 Å². The van der Waals surface area contributed by atoms with E-state index in [0.29, 0.717) is 23.0 Å². The van der Waals surface area contributed by atoms with Gasteiger partial charge in [0, 0.05) is 49.8 Å². The van der Waals surface area contributed by atoms with Gasteiger partial charge in [0.25, 0.3) is 0 Å². The zero-order valence-corrected chi connectivity index (χ0v) is 17.0. The van der Waals surface area contributed by atoms with Crippen molar-refractivity contribution in [1.29, 1.82) is 5.41 Å². The summed E-state index contributed by atoms with van der Waals surface area (Å²) in [6.45, 7) is 0.568. The molecule has 0 aliphatic heterocycles. The highest BCUT2D eigenvalue weighted by molar-refractivity contribution is 6.32. The number of aromatic nitrogens is 1. The van der Waals surface area contributed by atoms with Crippen molar-refractivity contribution in [3.8, 4) is 0 Å². The third-order valence-electron chi connectivity index (χ3n) is 4.72. The minimum atomic E-state index is 0.0834. The molecular formula is C21H20Cl2N6. The van der Waals surface area contributed by atoms with Crippen LogP contribution in [0.5, 0.6) is 0 Å². The average molecular weight is 427 g/mol. The van der Waals surface area contributed by atoms with Gasteiger partial charge in [0.05, 0.1) is 0 Å². The molecule has 4 rings (SSSR count). The second-order valence-corrected chi connectivity index (χ2v) is 7.57. The van der Waals surface area contributed by atoms with Gasteiger partial charge >= 0.3 is 0 Å². The number of nitrogens with two attached hydrogens (primary N) is 1. The molecule has 148 valence electrons. The number of fused-ring (bicyclic) bond motifs is 3. The van der Waals surface area contributed by atoms with E-state index < -0.39 is 0 Å². The third-order valence-corrected chi connectivity index (χ3v) is 5.21. The topological polar surface area (TPSA) is 102 Å². The van der Waals surface area contributed by atoms with Gasteiger partial charge in [-0.2, -0.15) is 0 Å². The van der Waals surface area contributed by atoms with Crippen molar-refractivity contribution in [3.63, 3.8) is 0 Å². The van der Waals surface area contributed by atoms with Gasteiger partial charge in [-0.05, 0) is 66.6 Å². The van der Waals surface area contributed by atoms with Gasteiger partial charge in [0.1, 0.15) is 0 Å². The first kappa shape index (κ1) is 19.4. The van der Waals surface area contributed by atoms with E-state index in [1.165, 1.54) is 0 Å². The van der Waals surface area contributed by atoms with Crippen molar-refractivity contribution in [2.75, 3.05) is 11.9 Å². The second-order valence-electron chi connectivity index (χ2n) is 6.70. The molecule has 29 heavy (non-hydrogen) atoms. The number of hydrazine groups is 1. The van der Waals surface area contributed by atoms with Crippen molar-refractivity contribution in [2.45, 2.75) is 6.42 Å². The van der Waals surface area contributed by atoms with Crippen LogP contribution in [-0.4, -0.2) is 17.5 Å². The Balaban J connectivity index is 1.76. The number of rotatable bonds is 5. The number of halogens is 2. The van der Waals surface area contributed by atoms with Crippen LogP contribution in [0.3, 0.4) is 0 Å². The van der Waals surface area contributed by atoms with Gasteiger partial charge in [-0.3, -0.25) is 10.8 Å². The molecule has 7 N–H and O–H groups in total. The van der Waals surface area contributed by atoms with Crippen LogP contribution in [0.1, 0.15) is 5.56 Å². The summed E-state index contributed by atoms with van der Waals surface area (Å²) in [5.74, 6) is 5.34. The minimum absolute atomic E-state index is 0.0834. The average Bonchev–Trinajstić information content (AvgIpc) is 3.07. The maximum Gasteiger partial charge on any atom is 0.202 e. The number of nitrogens with one attached hydrogen (secondary N) is 5. The van der Waals surface area contributed by atoms with Gasteiger partial charge in [0.2, 0.25) is 5.96 Å². The molecule has 0 aliphatic carbocycles. The highest BCUT2D eigenvalue weighted by Crippen LogP contribution is 2.33. The lowest BCUT2D eigenvalue weighted by Gasteiger charge is -2.12. The Hall–Kier alpha value is -2.93. The Morgan fingerprint density at radius 3 is 2.45 bits per heavy atom. The number of H-pyrrole nitrogens is 1. The standard InChI is InChI=1S/C21H20Cl2N6/c22-13-1-4-15(5-2-13)27-16-9-12(7-8-26-21(24)29-25)20-18(11-16)17-10-14(23)3-6-19(17)28-20/h1-6,9-11,27-28H,7-8,25H2,(H3,24,26,29). The van der Waals surface area contributed by atoms with Crippen LogP contribution in [0, 0.1) is 5.41 Å². The molecule has 1 heterocycles. The molecule has 6 nitrogen and oxygen atoms in total. The number of benzene rings is 3. The fraction of sp³-hybridized carbons (Fsp3) is 0.0952. The quantitative estimate of drug-likeness (QED) is 0.118. The number of hydrogen-bond donors (Lipinski definition) is 6. The molecule has 0 saturated heterocycles. The van der Waals surface area contributed by atoms with E-state index in [0.717, 1.165) is 38.7 Å². The van der Waals surface area contributed by atoms with Crippen molar-refractivity contribution >= 4 is 62.3 Å². The maximum absolute atomic E-state index is 7.59. The minimum Gasteiger partial charge on any atom is -0.355 e. The molecule has 3 aromatic carbocycles. The lowest BCUT2D eigenvalue weighted by atomic mass is 10.0. The maximum atomic E-state index is 7.59. The molecule has 1 aromatic heterocycles. The first-order valence-corrected chi connectivity index (χ1v) is 9.84. The van der Waals surface area contributed by atoms with Gasteiger partial charge in [-0.15, -0.1) is 0 Å². The molecule has 0 spiro atoms. The van der Waals surface area contributed by atoms with E-state index >= 15 is 0 Å². The van der Waals surface area contributed by atoms with Crippen molar-refractivity contribution in [2.24, 2.45) is 5.84 Å². The van der Waals surface area contributed by atoms with Gasteiger partial charge in [-0.1, -0.05) is 23.2 Å². The van der Waals surface area contributed by atoms with Crippen LogP contribution in [0.25, 0.3) is 21.8 Å². The van der Waals surface area contributed by atoms with E-state index in [-0.39, 0.29) is 5.96 Å². The van der Waals surface area contributed by atoms with E-state index in [2.05, 4.69) is 33.2 Å². The van der Waals surface area contributed by atoms with Crippen LogP contribution in [-0.2, 0) is 6.42 Å². The Labute approximate surface area is 177 Å². The van der Waals surface area contributed by atoms with E-state index in [4.69, 9.17) is 34.5 Å². The molecule has 0 aliphatic rings. The molecule has 0 radical (unpaired) electrons. The Kier molecular flexibility index (Phi) is 5.49. The second kappa shape index (κ2) is 8.21. The first-order chi connectivity index (χ1) is 14.0. The largest absolute Gasteiger partial charge is 0.355 e. The third kappa shape index (κ3) is 4.24. The Bertz CT molecular complexity index is 1180. The van der Waals surface area contributed by atoms with Crippen LogP contribution >= 0.6 is 23.2 Å². The number of aromatic amines is 1. The van der Waals surface area contributed by atoms with Gasteiger partial charge in [0.15, 0.2) is 0 Å². The molecule has 0 saturated carbocycles. The summed E-state index contributed by atoms with van der Waals surface area (Å²) in [4.78, 5) is 3.50. The van der Waals surface area contributed by atoms with E-state index in [1.807, 2.05) is 42.5 Å².